The first kappa shape index (κ1) is 13.4. The van der Waals surface area contributed by atoms with Gasteiger partial charge in [-0.25, -0.2) is 0 Å². The Morgan fingerprint density at radius 1 is 1.50 bits per heavy atom. The first-order valence-electron chi connectivity index (χ1n) is 4.85. The molecule has 0 aromatic heterocycles. The van der Waals surface area contributed by atoms with Gasteiger partial charge in [-0.1, -0.05) is 20.8 Å². The van der Waals surface area contributed by atoms with Crippen molar-refractivity contribution < 1.29 is 9.53 Å². The fourth-order valence-corrected chi connectivity index (χ4v) is 0.831. The van der Waals surface area contributed by atoms with E-state index < -0.39 is 6.04 Å². The zero-order valence-electron chi connectivity index (χ0n) is 9.76. The number of hydrogen-bond acceptors (Lipinski definition) is 3. The van der Waals surface area contributed by atoms with Crippen LogP contribution in [0, 0.1) is 5.41 Å². The van der Waals surface area contributed by atoms with Crippen LogP contribution in [0.1, 0.15) is 27.7 Å². The molecular weight excluding hydrogens is 180 g/mol. The Morgan fingerprint density at radius 2 is 2.00 bits per heavy atom. The summed E-state index contributed by atoms with van der Waals surface area (Å²) in [6.07, 6.45) is 0.0196. The lowest BCUT2D eigenvalue weighted by molar-refractivity contribution is -0.125. The highest BCUT2D eigenvalue weighted by Crippen LogP contribution is 2.16. The number of hydrogen-bond donors (Lipinski definition) is 2. The van der Waals surface area contributed by atoms with Crippen molar-refractivity contribution in [2.75, 3.05) is 13.7 Å². The van der Waals surface area contributed by atoms with Crippen molar-refractivity contribution in [2.45, 2.75) is 39.8 Å². The number of rotatable bonds is 4. The van der Waals surface area contributed by atoms with Gasteiger partial charge in [0.1, 0.15) is 0 Å². The van der Waals surface area contributed by atoms with Crippen molar-refractivity contribution >= 4 is 5.91 Å². The monoisotopic (exact) mass is 202 g/mol. The van der Waals surface area contributed by atoms with E-state index in [0.717, 1.165) is 0 Å². The highest BCUT2D eigenvalue weighted by molar-refractivity contribution is 5.82. The van der Waals surface area contributed by atoms with Crippen molar-refractivity contribution in [1.29, 1.82) is 0 Å². The smallest absolute Gasteiger partial charge is 0.237 e. The molecule has 0 heterocycles. The molecule has 2 atom stereocenters. The van der Waals surface area contributed by atoms with Gasteiger partial charge < -0.3 is 15.8 Å². The van der Waals surface area contributed by atoms with Crippen molar-refractivity contribution in [3.63, 3.8) is 0 Å². The molecule has 0 saturated heterocycles. The first-order chi connectivity index (χ1) is 6.29. The molecule has 3 N–H and O–H groups in total. The zero-order valence-corrected chi connectivity index (χ0v) is 9.76. The van der Waals surface area contributed by atoms with E-state index in [9.17, 15) is 4.79 Å². The second-order valence-corrected chi connectivity index (χ2v) is 4.64. The first-order valence-corrected chi connectivity index (χ1v) is 4.85. The van der Waals surface area contributed by atoms with E-state index in [2.05, 4.69) is 5.32 Å². The van der Waals surface area contributed by atoms with Gasteiger partial charge in [-0.15, -0.1) is 0 Å². The van der Waals surface area contributed by atoms with Crippen LogP contribution in [0.15, 0.2) is 0 Å². The Labute approximate surface area is 86.2 Å². The number of carbonyl (C=O) groups is 1. The molecule has 0 radical (unpaired) electrons. The van der Waals surface area contributed by atoms with Gasteiger partial charge in [-0.2, -0.15) is 0 Å². The maximum atomic E-state index is 11.5. The topological polar surface area (TPSA) is 64.3 Å². The molecule has 0 aromatic carbocycles. The Bertz CT molecular complexity index is 187. The van der Waals surface area contributed by atoms with E-state index in [0.29, 0.717) is 6.54 Å². The summed E-state index contributed by atoms with van der Waals surface area (Å²) in [4.78, 5) is 11.5. The fraction of sp³-hybridized carbons (Fsp3) is 0.900. The van der Waals surface area contributed by atoms with Gasteiger partial charge in [-0.05, 0) is 12.3 Å². The second kappa shape index (κ2) is 5.32. The minimum atomic E-state index is -0.480. The lowest BCUT2D eigenvalue weighted by Crippen LogP contribution is -2.49. The van der Waals surface area contributed by atoms with Crippen LogP contribution in [0.4, 0.5) is 0 Å². The number of amides is 1. The van der Waals surface area contributed by atoms with Crippen LogP contribution in [-0.2, 0) is 9.53 Å². The van der Waals surface area contributed by atoms with E-state index in [-0.39, 0.29) is 17.4 Å². The third-order valence-electron chi connectivity index (χ3n) is 2.18. The van der Waals surface area contributed by atoms with Crippen LogP contribution >= 0.6 is 0 Å². The van der Waals surface area contributed by atoms with Crippen LogP contribution < -0.4 is 11.1 Å². The van der Waals surface area contributed by atoms with Crippen molar-refractivity contribution in [3.05, 3.63) is 0 Å². The normalized spacial score (nSPS) is 16.1. The summed E-state index contributed by atoms with van der Waals surface area (Å²) < 4.78 is 5.01. The van der Waals surface area contributed by atoms with Crippen LogP contribution in [0.2, 0.25) is 0 Å². The molecule has 14 heavy (non-hydrogen) atoms. The van der Waals surface area contributed by atoms with Gasteiger partial charge >= 0.3 is 0 Å². The molecule has 0 aliphatic carbocycles. The lowest BCUT2D eigenvalue weighted by atomic mass is 9.87. The van der Waals surface area contributed by atoms with E-state index in [1.54, 1.807) is 7.11 Å². The Kier molecular flexibility index (Phi) is 5.08. The summed E-state index contributed by atoms with van der Waals surface area (Å²) in [5, 5.41) is 2.75. The SMILES string of the molecule is COC(C)CNC(=O)[C@H](N)C(C)(C)C. The van der Waals surface area contributed by atoms with Crippen molar-refractivity contribution in [3.8, 4) is 0 Å². The molecule has 0 spiro atoms. The molecule has 0 fully saturated rings. The summed E-state index contributed by atoms with van der Waals surface area (Å²) in [5.41, 5.74) is 5.56. The second-order valence-electron chi connectivity index (χ2n) is 4.64. The molecule has 1 amide bonds. The number of ether oxygens (including phenoxy) is 1. The summed E-state index contributed by atoms with van der Waals surface area (Å²) in [7, 11) is 1.61. The Balaban J connectivity index is 3.97. The quantitative estimate of drug-likeness (QED) is 0.698. The maximum Gasteiger partial charge on any atom is 0.237 e. The number of nitrogens with two attached hydrogens (primary N) is 1. The molecule has 84 valence electrons. The number of carbonyl (C=O) groups excluding carboxylic acids is 1. The molecule has 0 bridgehead atoms. The average Bonchev–Trinajstić information content (AvgIpc) is 2.10. The van der Waals surface area contributed by atoms with E-state index >= 15 is 0 Å². The largest absolute Gasteiger partial charge is 0.380 e. The van der Waals surface area contributed by atoms with Crippen molar-refractivity contribution in [2.24, 2.45) is 11.1 Å². The average molecular weight is 202 g/mol. The lowest BCUT2D eigenvalue weighted by Gasteiger charge is -2.26. The van der Waals surface area contributed by atoms with Crippen LogP contribution in [0.25, 0.3) is 0 Å². The molecule has 4 heteroatoms. The van der Waals surface area contributed by atoms with Gasteiger partial charge in [-0.3, -0.25) is 4.79 Å². The van der Waals surface area contributed by atoms with Crippen LogP contribution in [-0.4, -0.2) is 31.7 Å². The Morgan fingerprint density at radius 3 is 2.36 bits per heavy atom. The van der Waals surface area contributed by atoms with Gasteiger partial charge in [0.25, 0.3) is 0 Å². The predicted octanol–water partition coefficient (Wildman–Crippen LogP) is 0.511. The van der Waals surface area contributed by atoms with Crippen molar-refractivity contribution in [1.82, 2.24) is 5.32 Å². The third-order valence-corrected chi connectivity index (χ3v) is 2.18. The van der Waals surface area contributed by atoms with Gasteiger partial charge in [0, 0.05) is 13.7 Å². The standard InChI is InChI=1S/C10H22N2O2/c1-7(14-5)6-12-9(13)8(11)10(2,3)4/h7-8H,6,11H2,1-5H3,(H,12,13)/t7?,8-/m0/s1. The molecule has 0 aliphatic rings. The number of methoxy groups -OCH3 is 1. The molecular formula is C10H22N2O2. The highest BCUT2D eigenvalue weighted by atomic mass is 16.5. The van der Waals surface area contributed by atoms with E-state index in [1.807, 2.05) is 27.7 Å². The van der Waals surface area contributed by atoms with Gasteiger partial charge in [0.2, 0.25) is 5.91 Å². The maximum absolute atomic E-state index is 11.5. The molecule has 0 saturated carbocycles. The van der Waals surface area contributed by atoms with Gasteiger partial charge in [0.15, 0.2) is 0 Å². The predicted molar refractivity (Wildman–Crippen MR) is 56.9 cm³/mol. The summed E-state index contributed by atoms with van der Waals surface area (Å²) in [5.74, 6) is -0.124. The van der Waals surface area contributed by atoms with Crippen LogP contribution in [0.3, 0.4) is 0 Å². The van der Waals surface area contributed by atoms with E-state index in [1.165, 1.54) is 0 Å². The highest BCUT2D eigenvalue weighted by Gasteiger charge is 2.27. The third kappa shape index (κ3) is 4.58. The summed E-state index contributed by atoms with van der Waals surface area (Å²) in [6, 6.07) is -0.480. The van der Waals surface area contributed by atoms with Crippen LogP contribution in [0.5, 0.6) is 0 Å². The molecule has 0 rings (SSSR count). The summed E-state index contributed by atoms with van der Waals surface area (Å²) >= 11 is 0. The molecule has 0 aromatic rings. The molecule has 1 unspecified atom stereocenters. The number of nitrogens with one attached hydrogen (secondary N) is 1. The molecule has 4 nitrogen and oxygen atoms in total. The summed E-state index contributed by atoms with van der Waals surface area (Å²) in [6.45, 7) is 8.22. The Hall–Kier alpha value is -0.610. The zero-order chi connectivity index (χ0) is 11.4. The molecule has 0 aliphatic heterocycles. The van der Waals surface area contributed by atoms with E-state index in [4.69, 9.17) is 10.5 Å². The van der Waals surface area contributed by atoms with Gasteiger partial charge in [0.05, 0.1) is 12.1 Å². The minimum Gasteiger partial charge on any atom is -0.380 e. The minimum absolute atomic E-state index is 0.0196. The fourth-order valence-electron chi connectivity index (χ4n) is 0.831.